The molecular formula is C14H11ClFNO3. The molecule has 104 valence electrons. The molecule has 6 heteroatoms. The van der Waals surface area contributed by atoms with E-state index in [1.54, 1.807) is 0 Å². The molecule has 1 aliphatic carbocycles. The van der Waals surface area contributed by atoms with E-state index in [0.717, 1.165) is 29.9 Å². The van der Waals surface area contributed by atoms with Crippen LogP contribution in [0.1, 0.15) is 25.7 Å². The molecule has 0 spiro atoms. The Morgan fingerprint density at radius 2 is 1.65 bits per heavy atom. The van der Waals surface area contributed by atoms with Gasteiger partial charge >= 0.3 is 0 Å². The number of imide groups is 1. The third kappa shape index (κ3) is 1.81. The molecule has 20 heavy (non-hydrogen) atoms. The lowest BCUT2D eigenvalue weighted by atomic mass is 9.93. The van der Waals surface area contributed by atoms with Crippen molar-refractivity contribution < 1.29 is 19.1 Å². The van der Waals surface area contributed by atoms with E-state index in [1.807, 2.05) is 0 Å². The molecule has 0 aromatic heterocycles. The monoisotopic (exact) mass is 295 g/mol. The maximum Gasteiger partial charge on any atom is 0.261 e. The molecule has 1 heterocycles. The highest BCUT2D eigenvalue weighted by Crippen LogP contribution is 2.39. The van der Waals surface area contributed by atoms with Crippen LogP contribution in [0.4, 0.5) is 10.1 Å². The summed E-state index contributed by atoms with van der Waals surface area (Å²) in [5.74, 6) is -2.17. The summed E-state index contributed by atoms with van der Waals surface area (Å²) in [7, 11) is 0. The third-order valence-corrected chi connectivity index (χ3v) is 3.95. The van der Waals surface area contributed by atoms with Gasteiger partial charge in [0, 0.05) is 17.2 Å². The minimum absolute atomic E-state index is 0.164. The fourth-order valence-electron chi connectivity index (χ4n) is 2.66. The highest BCUT2D eigenvalue weighted by Gasteiger charge is 2.40. The molecule has 0 bridgehead atoms. The van der Waals surface area contributed by atoms with Crippen molar-refractivity contribution in [2.75, 3.05) is 4.90 Å². The highest BCUT2D eigenvalue weighted by molar-refractivity contribution is 6.34. The summed E-state index contributed by atoms with van der Waals surface area (Å²) in [6.07, 6.45) is 2.77. The van der Waals surface area contributed by atoms with Gasteiger partial charge in [0.25, 0.3) is 11.8 Å². The third-order valence-electron chi connectivity index (χ3n) is 3.65. The smallest absolute Gasteiger partial charge is 0.261 e. The van der Waals surface area contributed by atoms with Crippen LogP contribution in [-0.4, -0.2) is 16.9 Å². The second-order valence-corrected chi connectivity index (χ2v) is 5.27. The van der Waals surface area contributed by atoms with Crippen LogP contribution in [0.3, 0.4) is 0 Å². The predicted molar refractivity (Wildman–Crippen MR) is 71.1 cm³/mol. The van der Waals surface area contributed by atoms with E-state index in [9.17, 15) is 19.1 Å². The van der Waals surface area contributed by atoms with Gasteiger partial charge in [-0.2, -0.15) is 0 Å². The second-order valence-electron chi connectivity index (χ2n) is 4.86. The van der Waals surface area contributed by atoms with Crippen molar-refractivity contribution in [1.29, 1.82) is 0 Å². The number of halogens is 2. The van der Waals surface area contributed by atoms with Gasteiger partial charge in [-0.3, -0.25) is 9.59 Å². The highest BCUT2D eigenvalue weighted by atomic mass is 35.5. The van der Waals surface area contributed by atoms with E-state index < -0.39 is 17.6 Å². The van der Waals surface area contributed by atoms with Crippen LogP contribution in [0.2, 0.25) is 5.02 Å². The van der Waals surface area contributed by atoms with Gasteiger partial charge in [0.2, 0.25) is 0 Å². The molecule has 0 saturated carbocycles. The predicted octanol–water partition coefficient (Wildman–Crippen LogP) is 2.93. The largest absolute Gasteiger partial charge is 0.506 e. The normalized spacial score (nSPS) is 18.8. The van der Waals surface area contributed by atoms with Gasteiger partial charge < -0.3 is 5.11 Å². The van der Waals surface area contributed by atoms with Crippen LogP contribution in [0.25, 0.3) is 0 Å². The Kier molecular flexibility index (Phi) is 3.01. The first-order valence-corrected chi connectivity index (χ1v) is 6.67. The van der Waals surface area contributed by atoms with E-state index in [4.69, 9.17) is 11.6 Å². The molecule has 0 atom stereocenters. The Bertz CT molecular complexity index is 641. The molecule has 0 unspecified atom stereocenters. The van der Waals surface area contributed by atoms with Crippen molar-refractivity contribution in [1.82, 2.24) is 0 Å². The summed E-state index contributed by atoms with van der Waals surface area (Å²) in [4.78, 5) is 25.3. The van der Waals surface area contributed by atoms with E-state index >= 15 is 0 Å². The number of phenolic OH excluding ortho intramolecular Hbond substituents is 1. The van der Waals surface area contributed by atoms with Crippen LogP contribution >= 0.6 is 11.6 Å². The van der Waals surface area contributed by atoms with Gasteiger partial charge in [-0.25, -0.2) is 9.29 Å². The first-order chi connectivity index (χ1) is 9.50. The maximum atomic E-state index is 13.9. The number of hydrogen-bond donors (Lipinski definition) is 1. The van der Waals surface area contributed by atoms with Gasteiger partial charge in [-0.1, -0.05) is 11.6 Å². The number of rotatable bonds is 1. The number of carbonyl (C=O) groups is 2. The molecular weight excluding hydrogens is 285 g/mol. The Hall–Kier alpha value is -1.88. The molecule has 1 N–H and O–H groups in total. The van der Waals surface area contributed by atoms with Crippen LogP contribution in [0, 0.1) is 5.82 Å². The first kappa shape index (κ1) is 13.1. The zero-order valence-electron chi connectivity index (χ0n) is 10.4. The number of aromatic hydroxyl groups is 1. The Morgan fingerprint density at radius 3 is 2.20 bits per heavy atom. The topological polar surface area (TPSA) is 57.6 Å². The van der Waals surface area contributed by atoms with Gasteiger partial charge in [0.05, 0.1) is 10.7 Å². The number of nitrogens with zero attached hydrogens (tertiary/aromatic N) is 1. The lowest BCUT2D eigenvalue weighted by Gasteiger charge is -2.16. The van der Waals surface area contributed by atoms with Crippen molar-refractivity contribution in [3.8, 4) is 5.75 Å². The molecule has 4 nitrogen and oxygen atoms in total. The van der Waals surface area contributed by atoms with E-state index in [0.29, 0.717) is 24.0 Å². The number of amides is 2. The number of anilines is 1. The van der Waals surface area contributed by atoms with Gasteiger partial charge in [-0.15, -0.1) is 0 Å². The molecule has 2 amide bonds. The average Bonchev–Trinajstić information content (AvgIpc) is 2.68. The molecule has 1 aromatic rings. The molecule has 0 fully saturated rings. The minimum atomic E-state index is -0.811. The molecule has 1 aromatic carbocycles. The molecule has 2 aliphatic rings. The maximum absolute atomic E-state index is 13.9. The lowest BCUT2D eigenvalue weighted by molar-refractivity contribution is -0.120. The van der Waals surface area contributed by atoms with Crippen molar-refractivity contribution >= 4 is 29.1 Å². The van der Waals surface area contributed by atoms with E-state index in [1.165, 1.54) is 0 Å². The Morgan fingerprint density at radius 1 is 1.10 bits per heavy atom. The van der Waals surface area contributed by atoms with Crippen molar-refractivity contribution in [3.63, 3.8) is 0 Å². The zero-order valence-corrected chi connectivity index (χ0v) is 11.2. The summed E-state index contributed by atoms with van der Waals surface area (Å²) in [5, 5.41) is 9.39. The van der Waals surface area contributed by atoms with Gasteiger partial charge in [-0.05, 0) is 31.7 Å². The molecule has 0 radical (unpaired) electrons. The summed E-state index contributed by atoms with van der Waals surface area (Å²) in [6, 6.07) is 1.90. The molecule has 0 saturated heterocycles. The molecule has 3 rings (SSSR count). The van der Waals surface area contributed by atoms with Crippen molar-refractivity contribution in [2.24, 2.45) is 0 Å². The minimum Gasteiger partial charge on any atom is -0.506 e. The van der Waals surface area contributed by atoms with Gasteiger partial charge in [0.15, 0.2) is 0 Å². The summed E-state index contributed by atoms with van der Waals surface area (Å²) < 4.78 is 13.9. The van der Waals surface area contributed by atoms with Crippen LogP contribution in [-0.2, 0) is 9.59 Å². The summed E-state index contributed by atoms with van der Waals surface area (Å²) in [6.45, 7) is 0. The van der Waals surface area contributed by atoms with Crippen LogP contribution < -0.4 is 4.90 Å². The van der Waals surface area contributed by atoms with Crippen molar-refractivity contribution in [3.05, 3.63) is 34.1 Å². The molecule has 1 aliphatic heterocycles. The second kappa shape index (κ2) is 4.59. The van der Waals surface area contributed by atoms with E-state index in [2.05, 4.69) is 0 Å². The van der Waals surface area contributed by atoms with Crippen LogP contribution in [0.5, 0.6) is 5.75 Å². The van der Waals surface area contributed by atoms with Crippen LogP contribution in [0.15, 0.2) is 23.3 Å². The zero-order chi connectivity index (χ0) is 14.4. The fraction of sp³-hybridized carbons (Fsp3) is 0.286. The Labute approximate surface area is 119 Å². The van der Waals surface area contributed by atoms with E-state index in [-0.39, 0.29) is 16.5 Å². The lowest BCUT2D eigenvalue weighted by Crippen LogP contribution is -2.32. The fourth-order valence-corrected chi connectivity index (χ4v) is 2.81. The average molecular weight is 296 g/mol. The number of hydrogen-bond acceptors (Lipinski definition) is 3. The standard InChI is InChI=1S/C14H11ClFNO3/c15-9-5-10(16)11(6-12(9)18)17-13(19)7-3-1-2-4-8(7)14(17)20/h5-6,18H,1-4H2. The number of phenols is 1. The summed E-state index contributed by atoms with van der Waals surface area (Å²) >= 11 is 5.60. The quantitative estimate of drug-likeness (QED) is 0.810. The summed E-state index contributed by atoms with van der Waals surface area (Å²) in [5.41, 5.74) is 0.682. The van der Waals surface area contributed by atoms with Crippen molar-refractivity contribution in [2.45, 2.75) is 25.7 Å². The van der Waals surface area contributed by atoms with Gasteiger partial charge in [0.1, 0.15) is 11.6 Å². The SMILES string of the molecule is O=C1C2=C(CCCC2)C(=O)N1c1cc(O)c(Cl)cc1F. The Balaban J connectivity index is 2.07. The number of carbonyl (C=O) groups excluding carboxylic acids is 2. The first-order valence-electron chi connectivity index (χ1n) is 6.29. The number of benzene rings is 1.